The molecule has 0 radical (unpaired) electrons. The summed E-state index contributed by atoms with van der Waals surface area (Å²) in [7, 11) is 0. The highest BCUT2D eigenvalue weighted by atomic mass is 16.5. The van der Waals surface area contributed by atoms with Crippen LogP contribution in [-0.2, 0) is 19.1 Å². The van der Waals surface area contributed by atoms with Crippen LogP contribution in [0.3, 0.4) is 0 Å². The molecule has 0 aliphatic rings. The normalized spacial score (nSPS) is 11.2. The maximum absolute atomic E-state index is 11.8. The fourth-order valence-electron chi connectivity index (χ4n) is 5.02. The van der Waals surface area contributed by atoms with E-state index < -0.39 is 0 Å². The zero-order valence-electron chi connectivity index (χ0n) is 26.2. The predicted molar refractivity (Wildman–Crippen MR) is 165 cm³/mol. The smallest absolute Gasteiger partial charge is 0.305 e. The van der Waals surface area contributed by atoms with Crippen LogP contribution >= 0.6 is 0 Å². The van der Waals surface area contributed by atoms with Crippen molar-refractivity contribution in [2.75, 3.05) is 26.4 Å². The number of unbranched alkanes of at least 4 members (excludes halogenated alkanes) is 23. The van der Waals surface area contributed by atoms with Gasteiger partial charge < -0.3 is 19.7 Å². The average Bonchev–Trinajstić information content (AvgIpc) is 2.95. The summed E-state index contributed by atoms with van der Waals surface area (Å²) in [5.41, 5.74) is 0. The van der Waals surface area contributed by atoms with Crippen LogP contribution in [0.15, 0.2) is 0 Å². The number of hydrogen-bond donors (Lipinski definition) is 2. The fraction of sp³-hybridized carbons (Fsp3) is 0.941. The summed E-state index contributed by atoms with van der Waals surface area (Å²) in [6.45, 7) is 1.64. The number of esters is 2. The van der Waals surface area contributed by atoms with Gasteiger partial charge in [0.25, 0.3) is 0 Å². The van der Waals surface area contributed by atoms with Gasteiger partial charge in [0.2, 0.25) is 0 Å². The first kappa shape index (κ1) is 38.9. The summed E-state index contributed by atoms with van der Waals surface area (Å²) in [5.74, 6) is -0.0812. The van der Waals surface area contributed by atoms with Gasteiger partial charge in [-0.3, -0.25) is 9.59 Å². The van der Waals surface area contributed by atoms with Crippen molar-refractivity contribution in [3.8, 4) is 0 Å². The van der Waals surface area contributed by atoms with Crippen LogP contribution in [0.4, 0.5) is 0 Å². The molecule has 0 aromatic rings. The highest BCUT2D eigenvalue weighted by Crippen LogP contribution is 2.15. The highest BCUT2D eigenvalue weighted by molar-refractivity contribution is 5.69. The van der Waals surface area contributed by atoms with Gasteiger partial charge in [-0.15, -0.1) is 0 Å². The quantitative estimate of drug-likeness (QED) is 0.0604. The van der Waals surface area contributed by atoms with Gasteiger partial charge in [-0.05, 0) is 38.5 Å². The third kappa shape index (κ3) is 33.1. The van der Waals surface area contributed by atoms with Gasteiger partial charge in [0.15, 0.2) is 0 Å². The van der Waals surface area contributed by atoms with E-state index in [1.54, 1.807) is 0 Å². The second-order valence-corrected chi connectivity index (χ2v) is 11.6. The lowest BCUT2D eigenvalue weighted by molar-refractivity contribution is -0.144. The molecule has 2 N–H and O–H groups in total. The number of hydrogen-bond acceptors (Lipinski definition) is 6. The molecule has 238 valence electrons. The second kappa shape index (κ2) is 34.1. The Morgan fingerprint density at radius 3 is 0.825 bits per heavy atom. The Hall–Kier alpha value is -1.14. The molecule has 0 spiro atoms. The van der Waals surface area contributed by atoms with E-state index in [-0.39, 0.29) is 25.2 Å². The van der Waals surface area contributed by atoms with Crippen LogP contribution < -0.4 is 0 Å². The Morgan fingerprint density at radius 1 is 0.325 bits per heavy atom. The SMILES string of the molecule is O=C(CCCCCCCCCCCCCCCCCCC(=O)OCCCCCCCO)OCCCCCCCO. The first-order valence-electron chi connectivity index (χ1n) is 17.2. The van der Waals surface area contributed by atoms with E-state index in [1.165, 1.54) is 77.0 Å². The minimum absolute atomic E-state index is 0.0406. The Morgan fingerprint density at radius 2 is 0.550 bits per heavy atom. The summed E-state index contributed by atoms with van der Waals surface area (Å²) < 4.78 is 10.6. The maximum Gasteiger partial charge on any atom is 0.305 e. The van der Waals surface area contributed by atoms with E-state index in [2.05, 4.69) is 0 Å². The predicted octanol–water partition coefficient (Wildman–Crippen LogP) is 8.98. The van der Waals surface area contributed by atoms with Crippen LogP contribution in [-0.4, -0.2) is 48.6 Å². The molecule has 0 bridgehead atoms. The minimum Gasteiger partial charge on any atom is -0.466 e. The summed E-state index contributed by atoms with van der Waals surface area (Å²) in [5, 5.41) is 17.5. The summed E-state index contributed by atoms with van der Waals surface area (Å²) in [4.78, 5) is 23.5. The van der Waals surface area contributed by atoms with Crippen molar-refractivity contribution in [2.45, 2.75) is 180 Å². The first-order chi connectivity index (χ1) is 19.7. The maximum atomic E-state index is 11.8. The number of aliphatic hydroxyl groups excluding tert-OH is 2. The van der Waals surface area contributed by atoms with Crippen LogP contribution in [0.1, 0.15) is 180 Å². The van der Waals surface area contributed by atoms with E-state index in [4.69, 9.17) is 19.7 Å². The van der Waals surface area contributed by atoms with Crippen LogP contribution in [0, 0.1) is 0 Å². The molecule has 6 nitrogen and oxygen atoms in total. The van der Waals surface area contributed by atoms with E-state index >= 15 is 0 Å². The Bertz CT molecular complexity index is 479. The minimum atomic E-state index is -0.0406. The number of carbonyl (C=O) groups excluding carboxylic acids is 2. The third-order valence-electron chi connectivity index (χ3n) is 7.64. The Balaban J connectivity index is 3.18. The van der Waals surface area contributed by atoms with Crippen molar-refractivity contribution < 1.29 is 29.3 Å². The molecule has 40 heavy (non-hydrogen) atoms. The Kier molecular flexibility index (Phi) is 33.1. The standard InChI is InChI=1S/C34H66O6/c35-29-23-17-13-19-25-31-39-33(37)27-21-15-11-9-7-5-3-1-2-4-6-8-10-12-16-22-28-34(38)40-32-26-20-14-18-24-30-36/h35-36H,1-32H2. The monoisotopic (exact) mass is 570 g/mol. The van der Waals surface area contributed by atoms with Gasteiger partial charge in [-0.25, -0.2) is 0 Å². The van der Waals surface area contributed by atoms with Crippen molar-refractivity contribution in [1.82, 2.24) is 0 Å². The molecule has 0 atom stereocenters. The molecular formula is C34H66O6. The van der Waals surface area contributed by atoms with E-state index in [1.807, 2.05) is 0 Å². The molecule has 0 saturated heterocycles. The molecule has 0 amide bonds. The molecule has 0 aromatic heterocycles. The van der Waals surface area contributed by atoms with Gasteiger partial charge in [-0.1, -0.05) is 128 Å². The zero-order valence-corrected chi connectivity index (χ0v) is 26.2. The highest BCUT2D eigenvalue weighted by Gasteiger charge is 2.04. The Labute approximate surface area is 247 Å². The average molecular weight is 571 g/mol. The number of rotatable bonds is 33. The van der Waals surface area contributed by atoms with E-state index in [0.717, 1.165) is 89.9 Å². The topological polar surface area (TPSA) is 93.1 Å². The van der Waals surface area contributed by atoms with E-state index in [9.17, 15) is 9.59 Å². The third-order valence-corrected chi connectivity index (χ3v) is 7.64. The second-order valence-electron chi connectivity index (χ2n) is 11.6. The first-order valence-corrected chi connectivity index (χ1v) is 17.2. The molecule has 0 unspecified atom stereocenters. The number of aliphatic hydroxyl groups is 2. The van der Waals surface area contributed by atoms with Gasteiger partial charge in [0, 0.05) is 26.1 Å². The lowest BCUT2D eigenvalue weighted by Gasteiger charge is -2.06. The zero-order chi connectivity index (χ0) is 29.2. The summed E-state index contributed by atoms with van der Waals surface area (Å²) in [6.07, 6.45) is 31.2. The molecule has 0 aliphatic carbocycles. The number of ether oxygens (including phenoxy) is 2. The molecule has 0 saturated carbocycles. The van der Waals surface area contributed by atoms with Crippen LogP contribution in [0.5, 0.6) is 0 Å². The van der Waals surface area contributed by atoms with E-state index in [0.29, 0.717) is 26.1 Å². The summed E-state index contributed by atoms with van der Waals surface area (Å²) >= 11 is 0. The number of carbonyl (C=O) groups is 2. The summed E-state index contributed by atoms with van der Waals surface area (Å²) in [6, 6.07) is 0. The molecule has 0 fully saturated rings. The molecule has 0 rings (SSSR count). The lowest BCUT2D eigenvalue weighted by atomic mass is 10.0. The van der Waals surface area contributed by atoms with Crippen molar-refractivity contribution in [3.63, 3.8) is 0 Å². The molecule has 0 heterocycles. The van der Waals surface area contributed by atoms with Gasteiger partial charge >= 0.3 is 11.9 Å². The van der Waals surface area contributed by atoms with Gasteiger partial charge in [-0.2, -0.15) is 0 Å². The van der Waals surface area contributed by atoms with Crippen molar-refractivity contribution in [3.05, 3.63) is 0 Å². The van der Waals surface area contributed by atoms with Gasteiger partial charge in [0.05, 0.1) is 13.2 Å². The molecule has 6 heteroatoms. The largest absolute Gasteiger partial charge is 0.466 e. The van der Waals surface area contributed by atoms with Crippen molar-refractivity contribution >= 4 is 11.9 Å². The van der Waals surface area contributed by atoms with Crippen LogP contribution in [0.25, 0.3) is 0 Å². The molecule has 0 aromatic carbocycles. The van der Waals surface area contributed by atoms with Gasteiger partial charge in [0.1, 0.15) is 0 Å². The molecule has 0 aliphatic heterocycles. The van der Waals surface area contributed by atoms with Crippen molar-refractivity contribution in [1.29, 1.82) is 0 Å². The molecular weight excluding hydrogens is 504 g/mol. The fourth-order valence-corrected chi connectivity index (χ4v) is 5.02. The van der Waals surface area contributed by atoms with Crippen molar-refractivity contribution in [2.24, 2.45) is 0 Å². The lowest BCUT2D eigenvalue weighted by Crippen LogP contribution is -2.05. The van der Waals surface area contributed by atoms with Crippen LogP contribution in [0.2, 0.25) is 0 Å².